The number of halogens is 4. The lowest BCUT2D eigenvalue weighted by Gasteiger charge is -2.08. The number of hydrogen-bond acceptors (Lipinski definition) is 4. The van der Waals surface area contributed by atoms with E-state index in [1.54, 1.807) is 0 Å². The second-order valence-corrected chi connectivity index (χ2v) is 3.69. The Morgan fingerprint density at radius 2 is 1.67 bits per heavy atom. The normalized spacial score (nSPS) is 10.4. The quantitative estimate of drug-likeness (QED) is 0.653. The molecule has 4 nitrogen and oxygen atoms in total. The molecule has 0 saturated heterocycles. The summed E-state index contributed by atoms with van der Waals surface area (Å²) >= 11 is 5.61. The van der Waals surface area contributed by atoms with Gasteiger partial charge in [0.1, 0.15) is 16.8 Å². The maximum atomic E-state index is 13.3. The van der Waals surface area contributed by atoms with Gasteiger partial charge in [-0.3, -0.25) is 0 Å². The van der Waals surface area contributed by atoms with E-state index in [0.717, 1.165) is 0 Å². The van der Waals surface area contributed by atoms with E-state index in [-0.39, 0.29) is 22.6 Å². The van der Waals surface area contributed by atoms with Gasteiger partial charge in [0.25, 0.3) is 0 Å². The zero-order valence-corrected chi connectivity index (χ0v) is 9.47. The number of benzene rings is 1. The van der Waals surface area contributed by atoms with Crippen molar-refractivity contribution in [2.75, 3.05) is 11.1 Å². The monoisotopic (exact) mass is 274 g/mol. The van der Waals surface area contributed by atoms with Crippen molar-refractivity contribution in [3.05, 3.63) is 40.8 Å². The molecule has 0 aliphatic carbocycles. The maximum absolute atomic E-state index is 13.3. The molecule has 0 aliphatic rings. The zero-order valence-electron chi connectivity index (χ0n) is 8.72. The van der Waals surface area contributed by atoms with Crippen molar-refractivity contribution in [1.29, 1.82) is 0 Å². The van der Waals surface area contributed by atoms with E-state index < -0.39 is 17.5 Å². The fraction of sp³-hybridized carbons (Fsp3) is 0. The predicted molar refractivity (Wildman–Crippen MR) is 61.1 cm³/mol. The fourth-order valence-electron chi connectivity index (χ4n) is 1.26. The van der Waals surface area contributed by atoms with Crippen molar-refractivity contribution in [3.8, 4) is 0 Å². The summed E-state index contributed by atoms with van der Waals surface area (Å²) in [6, 6.07) is 2.35. The third-order valence-electron chi connectivity index (χ3n) is 1.98. The van der Waals surface area contributed by atoms with Crippen molar-refractivity contribution in [2.24, 2.45) is 0 Å². The number of nitrogen functional groups attached to an aromatic ring is 1. The van der Waals surface area contributed by atoms with Crippen LogP contribution in [0.4, 0.5) is 30.6 Å². The van der Waals surface area contributed by atoms with Crippen LogP contribution in [0.25, 0.3) is 0 Å². The minimum absolute atomic E-state index is 0.0352. The van der Waals surface area contributed by atoms with Crippen LogP contribution in [0, 0.1) is 17.5 Å². The molecule has 0 saturated carbocycles. The highest BCUT2D eigenvalue weighted by Gasteiger charge is 2.11. The molecule has 2 rings (SSSR count). The molecule has 1 aromatic carbocycles. The molecular formula is C10H6ClF3N4. The van der Waals surface area contributed by atoms with Gasteiger partial charge in [-0.1, -0.05) is 11.6 Å². The molecule has 0 aliphatic heterocycles. The van der Waals surface area contributed by atoms with Crippen LogP contribution in [-0.4, -0.2) is 9.97 Å². The van der Waals surface area contributed by atoms with Crippen LogP contribution >= 0.6 is 11.6 Å². The molecular weight excluding hydrogens is 269 g/mol. The van der Waals surface area contributed by atoms with Crippen LogP contribution in [0.2, 0.25) is 5.15 Å². The van der Waals surface area contributed by atoms with E-state index in [1.807, 2.05) is 0 Å². The molecule has 2 aromatic rings. The SMILES string of the molecule is Nc1nc(Cl)cc(Nc2cc(F)c(F)cc2F)n1. The Hall–Kier alpha value is -2.02. The largest absolute Gasteiger partial charge is 0.368 e. The van der Waals surface area contributed by atoms with Crippen molar-refractivity contribution in [2.45, 2.75) is 0 Å². The molecule has 1 heterocycles. The van der Waals surface area contributed by atoms with Crippen molar-refractivity contribution < 1.29 is 13.2 Å². The summed E-state index contributed by atoms with van der Waals surface area (Å²) in [5.41, 5.74) is 5.04. The minimum atomic E-state index is -1.28. The Morgan fingerprint density at radius 3 is 2.33 bits per heavy atom. The lowest BCUT2D eigenvalue weighted by molar-refractivity contribution is 0.496. The molecule has 94 valence electrons. The maximum Gasteiger partial charge on any atom is 0.223 e. The Bertz CT molecular complexity index is 586. The molecule has 0 fully saturated rings. The third-order valence-corrected chi connectivity index (χ3v) is 2.18. The average molecular weight is 275 g/mol. The number of nitrogens with zero attached hydrogens (tertiary/aromatic N) is 2. The van der Waals surface area contributed by atoms with Crippen LogP contribution in [-0.2, 0) is 0 Å². The topological polar surface area (TPSA) is 63.8 Å². The Balaban J connectivity index is 2.36. The highest BCUT2D eigenvalue weighted by molar-refractivity contribution is 6.29. The van der Waals surface area contributed by atoms with E-state index in [9.17, 15) is 13.2 Å². The molecule has 0 atom stereocenters. The number of rotatable bonds is 2. The average Bonchev–Trinajstić information content (AvgIpc) is 2.24. The predicted octanol–water partition coefficient (Wildman–Crippen LogP) is 2.87. The standard InChI is InChI=1S/C10H6ClF3N4/c11-8-3-9(18-10(15)17-8)16-7-2-5(13)4(12)1-6(7)14/h1-3H,(H3,15,16,17,18). The zero-order chi connectivity index (χ0) is 13.3. The van der Waals surface area contributed by atoms with Gasteiger partial charge in [0.05, 0.1) is 5.69 Å². The van der Waals surface area contributed by atoms with Gasteiger partial charge in [-0.05, 0) is 0 Å². The number of nitrogens with one attached hydrogen (secondary N) is 1. The van der Waals surface area contributed by atoms with Gasteiger partial charge in [0.15, 0.2) is 11.6 Å². The first-order valence-corrected chi connectivity index (χ1v) is 5.05. The van der Waals surface area contributed by atoms with Crippen molar-refractivity contribution >= 4 is 29.1 Å². The Morgan fingerprint density at radius 1 is 1.00 bits per heavy atom. The lowest BCUT2D eigenvalue weighted by Crippen LogP contribution is -2.02. The summed E-state index contributed by atoms with van der Waals surface area (Å²) in [7, 11) is 0. The number of nitrogens with two attached hydrogens (primary N) is 1. The summed E-state index contributed by atoms with van der Waals surface area (Å²) in [5.74, 6) is -3.50. The van der Waals surface area contributed by atoms with Gasteiger partial charge in [-0.25, -0.2) is 18.2 Å². The molecule has 8 heteroatoms. The van der Waals surface area contributed by atoms with Crippen LogP contribution in [0.1, 0.15) is 0 Å². The third kappa shape index (κ3) is 2.62. The summed E-state index contributed by atoms with van der Waals surface area (Å²) in [6.45, 7) is 0. The summed E-state index contributed by atoms with van der Waals surface area (Å²) < 4.78 is 39.0. The first kappa shape index (κ1) is 12.4. The van der Waals surface area contributed by atoms with E-state index in [0.29, 0.717) is 12.1 Å². The first-order chi connectivity index (χ1) is 8.45. The first-order valence-electron chi connectivity index (χ1n) is 4.67. The summed E-state index contributed by atoms with van der Waals surface area (Å²) in [4.78, 5) is 7.31. The van der Waals surface area contributed by atoms with Gasteiger partial charge >= 0.3 is 0 Å². The molecule has 0 spiro atoms. The van der Waals surface area contributed by atoms with Crippen LogP contribution in [0.15, 0.2) is 18.2 Å². The van der Waals surface area contributed by atoms with Crippen LogP contribution < -0.4 is 11.1 Å². The van der Waals surface area contributed by atoms with Gasteiger partial charge in [0.2, 0.25) is 5.95 Å². The van der Waals surface area contributed by atoms with E-state index in [2.05, 4.69) is 15.3 Å². The fourth-order valence-corrected chi connectivity index (χ4v) is 1.45. The van der Waals surface area contributed by atoms with Crippen molar-refractivity contribution in [3.63, 3.8) is 0 Å². The Labute approximate surface area is 105 Å². The molecule has 0 radical (unpaired) electrons. The second-order valence-electron chi connectivity index (χ2n) is 3.31. The van der Waals surface area contributed by atoms with E-state index in [1.165, 1.54) is 6.07 Å². The van der Waals surface area contributed by atoms with E-state index in [4.69, 9.17) is 17.3 Å². The summed E-state index contributed by atoms with van der Waals surface area (Å²) in [6.07, 6.45) is 0. The van der Waals surface area contributed by atoms with Crippen molar-refractivity contribution in [1.82, 2.24) is 9.97 Å². The van der Waals surface area contributed by atoms with Gasteiger partial charge in [-0.2, -0.15) is 4.98 Å². The lowest BCUT2D eigenvalue weighted by atomic mass is 10.3. The molecule has 0 amide bonds. The molecule has 18 heavy (non-hydrogen) atoms. The number of hydrogen-bond donors (Lipinski definition) is 2. The van der Waals surface area contributed by atoms with E-state index >= 15 is 0 Å². The molecule has 1 aromatic heterocycles. The molecule has 0 bridgehead atoms. The Kier molecular flexibility index (Phi) is 3.24. The number of aromatic nitrogens is 2. The molecule has 3 N–H and O–H groups in total. The summed E-state index contributed by atoms with van der Waals surface area (Å²) in [5, 5.41) is 2.46. The van der Waals surface area contributed by atoms with Gasteiger partial charge in [0, 0.05) is 18.2 Å². The number of anilines is 3. The van der Waals surface area contributed by atoms with Crippen LogP contribution in [0.3, 0.4) is 0 Å². The highest BCUT2D eigenvalue weighted by Crippen LogP contribution is 2.23. The minimum Gasteiger partial charge on any atom is -0.368 e. The van der Waals surface area contributed by atoms with Crippen LogP contribution in [0.5, 0.6) is 0 Å². The van der Waals surface area contributed by atoms with Gasteiger partial charge in [-0.15, -0.1) is 0 Å². The molecule has 0 unspecified atom stereocenters. The second kappa shape index (κ2) is 4.69. The van der Waals surface area contributed by atoms with Gasteiger partial charge < -0.3 is 11.1 Å². The highest BCUT2D eigenvalue weighted by atomic mass is 35.5. The smallest absolute Gasteiger partial charge is 0.223 e.